The van der Waals surface area contributed by atoms with E-state index < -0.39 is 11.6 Å². The predicted octanol–water partition coefficient (Wildman–Crippen LogP) is 5.39. The van der Waals surface area contributed by atoms with Gasteiger partial charge in [0.15, 0.2) is 5.82 Å². The minimum atomic E-state index is -0.690. The zero-order chi connectivity index (χ0) is 20.4. The molecule has 0 aliphatic carbocycles. The Morgan fingerprint density at radius 3 is 2.69 bits per heavy atom. The molecule has 0 unspecified atom stereocenters. The molecule has 29 heavy (non-hydrogen) atoms. The molecule has 4 nitrogen and oxygen atoms in total. The Morgan fingerprint density at radius 1 is 1.24 bits per heavy atom. The predicted molar refractivity (Wildman–Crippen MR) is 112 cm³/mol. The third-order valence-electron chi connectivity index (χ3n) is 4.63. The number of carbonyl (C=O) groups excluding carboxylic acids is 1. The molecule has 2 heterocycles. The van der Waals surface area contributed by atoms with E-state index in [0.29, 0.717) is 46.6 Å². The lowest BCUT2D eigenvalue weighted by molar-refractivity contribution is -0.130. The van der Waals surface area contributed by atoms with Crippen LogP contribution in [0.1, 0.15) is 12.8 Å². The minimum Gasteiger partial charge on any atom is -0.467 e. The van der Waals surface area contributed by atoms with Gasteiger partial charge in [-0.3, -0.25) is 4.79 Å². The van der Waals surface area contributed by atoms with Crippen molar-refractivity contribution in [2.75, 3.05) is 18.8 Å². The van der Waals surface area contributed by atoms with Crippen LogP contribution in [-0.4, -0.2) is 40.7 Å². The van der Waals surface area contributed by atoms with Crippen LogP contribution in [0.2, 0.25) is 5.02 Å². The molecule has 1 saturated heterocycles. The number of thioether (sulfide) groups is 1. The lowest BCUT2D eigenvalue weighted by Crippen LogP contribution is -2.42. The average Bonchev–Trinajstić information content (AvgIpc) is 3.10. The number of amides is 1. The van der Waals surface area contributed by atoms with Gasteiger partial charge in [0, 0.05) is 41.9 Å². The second-order valence-electron chi connectivity index (χ2n) is 6.65. The van der Waals surface area contributed by atoms with Gasteiger partial charge in [0.05, 0.1) is 10.5 Å². The van der Waals surface area contributed by atoms with Gasteiger partial charge in [-0.25, -0.2) is 8.78 Å². The number of hydrogen-bond donors (Lipinski definition) is 0. The van der Waals surface area contributed by atoms with Crippen LogP contribution in [0, 0.1) is 11.6 Å². The number of fused-ring (bicyclic) bond motifs is 1. The monoisotopic (exact) mass is 454 g/mol. The van der Waals surface area contributed by atoms with Gasteiger partial charge in [0.25, 0.3) is 5.19 Å². The molecule has 1 fully saturated rings. The van der Waals surface area contributed by atoms with Crippen LogP contribution in [0.15, 0.2) is 41.3 Å². The molecule has 3 aromatic rings. The van der Waals surface area contributed by atoms with Crippen molar-refractivity contribution in [3.63, 3.8) is 0 Å². The maximum atomic E-state index is 13.8. The third kappa shape index (κ3) is 4.99. The highest BCUT2D eigenvalue weighted by molar-refractivity contribution is 8.00. The van der Waals surface area contributed by atoms with Gasteiger partial charge in [-0.05, 0) is 30.3 Å². The molecule has 1 aromatic heterocycles. The first-order chi connectivity index (χ1) is 14.0. The topological polar surface area (TPSA) is 42.4 Å². The number of halogens is 3. The molecule has 0 spiro atoms. The summed E-state index contributed by atoms with van der Waals surface area (Å²) < 4.78 is 33.4. The fraction of sp³-hybridized carbons (Fsp3) is 0.300. The van der Waals surface area contributed by atoms with Crippen LogP contribution in [-0.2, 0) is 4.79 Å². The molecule has 0 N–H and O–H groups in total. The van der Waals surface area contributed by atoms with Gasteiger partial charge in [0.2, 0.25) is 5.91 Å². The van der Waals surface area contributed by atoms with E-state index in [1.165, 1.54) is 17.8 Å². The summed E-state index contributed by atoms with van der Waals surface area (Å²) in [5.41, 5.74) is 0.123. The molecule has 152 valence electrons. The fourth-order valence-electron chi connectivity index (χ4n) is 3.12. The summed E-state index contributed by atoms with van der Waals surface area (Å²) in [4.78, 5) is 19.4. The van der Waals surface area contributed by atoms with Crippen LogP contribution in [0.5, 0.6) is 5.19 Å². The van der Waals surface area contributed by atoms with Crippen LogP contribution in [0.4, 0.5) is 8.78 Å². The van der Waals surface area contributed by atoms with Crippen molar-refractivity contribution in [2.45, 2.75) is 23.8 Å². The minimum absolute atomic E-state index is 0.0842. The molecule has 1 aliphatic rings. The van der Waals surface area contributed by atoms with Crippen molar-refractivity contribution in [1.82, 2.24) is 9.88 Å². The SMILES string of the molecule is O=C(CSc1ccc(Cl)cc1)N1CCC(Oc2nc3c(F)cc(F)cc3s2)CC1. The molecule has 0 radical (unpaired) electrons. The highest BCUT2D eigenvalue weighted by Crippen LogP contribution is 2.32. The molecule has 0 bridgehead atoms. The summed E-state index contributed by atoms with van der Waals surface area (Å²) >= 11 is 8.48. The standard InChI is InChI=1S/C20H17ClF2N2O2S2/c21-12-1-3-15(4-2-12)28-11-18(26)25-7-5-14(6-8-25)27-20-24-19-16(23)9-13(22)10-17(19)29-20/h1-4,9-10,14H,5-8,11H2. The van der Waals surface area contributed by atoms with E-state index in [9.17, 15) is 13.6 Å². The van der Waals surface area contributed by atoms with E-state index in [2.05, 4.69) is 4.98 Å². The van der Waals surface area contributed by atoms with Gasteiger partial charge in [-0.1, -0.05) is 22.9 Å². The van der Waals surface area contributed by atoms with E-state index in [1.54, 1.807) is 12.1 Å². The third-order valence-corrected chi connectivity index (χ3v) is 6.77. The lowest BCUT2D eigenvalue weighted by Gasteiger charge is -2.31. The molecule has 9 heteroatoms. The van der Waals surface area contributed by atoms with Crippen molar-refractivity contribution in [1.29, 1.82) is 0 Å². The molecule has 4 rings (SSSR count). The van der Waals surface area contributed by atoms with E-state index in [4.69, 9.17) is 16.3 Å². The number of piperidine rings is 1. The first-order valence-electron chi connectivity index (χ1n) is 9.06. The van der Waals surface area contributed by atoms with Gasteiger partial charge in [-0.2, -0.15) is 4.98 Å². The van der Waals surface area contributed by atoms with Crippen molar-refractivity contribution in [3.05, 3.63) is 53.1 Å². The summed E-state index contributed by atoms with van der Waals surface area (Å²) in [6.07, 6.45) is 1.24. The maximum absolute atomic E-state index is 13.8. The van der Waals surface area contributed by atoms with Gasteiger partial charge in [-0.15, -0.1) is 11.8 Å². The first-order valence-corrected chi connectivity index (χ1v) is 11.2. The van der Waals surface area contributed by atoms with Gasteiger partial charge in [0.1, 0.15) is 17.4 Å². The maximum Gasteiger partial charge on any atom is 0.274 e. The Morgan fingerprint density at radius 2 is 1.97 bits per heavy atom. The van der Waals surface area contributed by atoms with Crippen molar-refractivity contribution in [2.24, 2.45) is 0 Å². The average molecular weight is 455 g/mol. The fourth-order valence-corrected chi connectivity index (χ4v) is 4.97. The smallest absolute Gasteiger partial charge is 0.274 e. The number of aromatic nitrogens is 1. The molecular formula is C20H17ClF2N2O2S2. The molecule has 0 atom stereocenters. The van der Waals surface area contributed by atoms with Crippen LogP contribution < -0.4 is 4.74 Å². The number of rotatable bonds is 5. The van der Waals surface area contributed by atoms with E-state index >= 15 is 0 Å². The van der Waals surface area contributed by atoms with Crippen molar-refractivity contribution in [3.8, 4) is 5.19 Å². The van der Waals surface area contributed by atoms with E-state index in [-0.39, 0.29) is 17.5 Å². The van der Waals surface area contributed by atoms with E-state index in [1.807, 2.05) is 17.0 Å². The van der Waals surface area contributed by atoms with E-state index in [0.717, 1.165) is 22.3 Å². The molecular weight excluding hydrogens is 438 g/mol. The molecule has 2 aromatic carbocycles. The number of benzene rings is 2. The Kier molecular flexibility index (Phi) is 6.22. The normalized spacial score (nSPS) is 15.1. The highest BCUT2D eigenvalue weighted by Gasteiger charge is 2.25. The Bertz CT molecular complexity index is 1020. The summed E-state index contributed by atoms with van der Waals surface area (Å²) in [7, 11) is 0. The summed E-state index contributed by atoms with van der Waals surface area (Å²) in [5, 5.41) is 0.997. The molecule has 1 amide bonds. The number of hydrogen-bond acceptors (Lipinski definition) is 5. The zero-order valence-corrected chi connectivity index (χ0v) is 17.6. The lowest BCUT2D eigenvalue weighted by atomic mass is 10.1. The number of nitrogens with zero attached hydrogens (tertiary/aromatic N) is 2. The molecule has 0 saturated carbocycles. The Balaban J connectivity index is 1.28. The van der Waals surface area contributed by atoms with Gasteiger partial charge >= 0.3 is 0 Å². The second kappa shape index (κ2) is 8.85. The van der Waals surface area contributed by atoms with Crippen LogP contribution in [0.3, 0.4) is 0 Å². The Labute approximate surface area is 179 Å². The van der Waals surface area contributed by atoms with Crippen molar-refractivity contribution >= 4 is 50.8 Å². The Hall–Kier alpha value is -1.90. The number of carbonyl (C=O) groups is 1. The summed E-state index contributed by atoms with van der Waals surface area (Å²) in [6, 6.07) is 9.47. The number of likely N-dealkylation sites (tertiary alicyclic amines) is 1. The second-order valence-corrected chi connectivity index (χ2v) is 9.13. The van der Waals surface area contributed by atoms with Crippen molar-refractivity contribution < 1.29 is 18.3 Å². The summed E-state index contributed by atoms with van der Waals surface area (Å²) in [5.74, 6) is -0.866. The van der Waals surface area contributed by atoms with Crippen LogP contribution in [0.25, 0.3) is 10.2 Å². The largest absolute Gasteiger partial charge is 0.467 e. The first kappa shape index (κ1) is 20.4. The highest BCUT2D eigenvalue weighted by atomic mass is 35.5. The number of ether oxygens (including phenoxy) is 1. The zero-order valence-electron chi connectivity index (χ0n) is 15.2. The van der Waals surface area contributed by atoms with Gasteiger partial charge < -0.3 is 9.64 Å². The molecule has 1 aliphatic heterocycles. The number of thiazole rings is 1. The summed E-state index contributed by atoms with van der Waals surface area (Å²) in [6.45, 7) is 1.19. The van der Waals surface area contributed by atoms with Crippen LogP contribution >= 0.6 is 34.7 Å². The quantitative estimate of drug-likeness (QED) is 0.485.